The summed E-state index contributed by atoms with van der Waals surface area (Å²) < 4.78 is 16.8. The lowest BCUT2D eigenvalue weighted by Crippen LogP contribution is -2.30. The lowest BCUT2D eigenvalue weighted by Gasteiger charge is -2.18. The van der Waals surface area contributed by atoms with E-state index in [2.05, 4.69) is 81.5 Å². The molecule has 0 radical (unpaired) electrons. The number of hydrogen-bond acceptors (Lipinski definition) is 6. The SMILES string of the molecule is CCCCCC/C=C\C/C=C\CCCCCCCCCC(=O)OC(COC(=O)CCCCCCCCCC)COC(=O)CCCCCCCCCCCCCCCC/C=C\C/C=C\C/C=C\CCCCCCC. The van der Waals surface area contributed by atoms with Crippen LogP contribution in [0, 0.1) is 0 Å². The van der Waals surface area contributed by atoms with Crippen molar-refractivity contribution < 1.29 is 28.6 Å². The maximum Gasteiger partial charge on any atom is 0.306 e. The van der Waals surface area contributed by atoms with Crippen LogP contribution in [0.25, 0.3) is 0 Å². The second-order valence-corrected chi connectivity index (χ2v) is 21.3. The molecule has 0 aromatic carbocycles. The quantitative estimate of drug-likeness (QED) is 0.0261. The molecule has 0 heterocycles. The molecule has 1 atom stereocenters. The first-order chi connectivity index (χ1) is 36.0. The van der Waals surface area contributed by atoms with Gasteiger partial charge in [-0.2, -0.15) is 0 Å². The van der Waals surface area contributed by atoms with Gasteiger partial charge in [0.05, 0.1) is 0 Å². The second-order valence-electron chi connectivity index (χ2n) is 21.3. The number of carbonyl (C=O) groups excluding carboxylic acids is 3. The molecule has 6 heteroatoms. The molecule has 0 N–H and O–H groups in total. The van der Waals surface area contributed by atoms with Gasteiger partial charge in [-0.1, -0.05) is 281 Å². The molecule has 6 nitrogen and oxygen atoms in total. The van der Waals surface area contributed by atoms with Crippen LogP contribution in [0.3, 0.4) is 0 Å². The normalized spacial score (nSPS) is 12.4. The van der Waals surface area contributed by atoms with Gasteiger partial charge in [-0.3, -0.25) is 14.4 Å². The monoisotopic (exact) mass is 1020 g/mol. The summed E-state index contributed by atoms with van der Waals surface area (Å²) in [5.41, 5.74) is 0. The van der Waals surface area contributed by atoms with Crippen LogP contribution >= 0.6 is 0 Å². The third-order valence-electron chi connectivity index (χ3n) is 14.0. The zero-order chi connectivity index (χ0) is 52.9. The van der Waals surface area contributed by atoms with Crippen molar-refractivity contribution in [1.29, 1.82) is 0 Å². The Hall–Kier alpha value is -2.89. The van der Waals surface area contributed by atoms with E-state index in [0.29, 0.717) is 19.3 Å². The lowest BCUT2D eigenvalue weighted by molar-refractivity contribution is -0.167. The van der Waals surface area contributed by atoms with Crippen molar-refractivity contribution >= 4 is 17.9 Å². The predicted molar refractivity (Wildman–Crippen MR) is 316 cm³/mol. The van der Waals surface area contributed by atoms with E-state index < -0.39 is 6.10 Å². The van der Waals surface area contributed by atoms with Gasteiger partial charge in [-0.25, -0.2) is 0 Å². The van der Waals surface area contributed by atoms with Gasteiger partial charge in [-0.15, -0.1) is 0 Å². The maximum absolute atomic E-state index is 12.8. The van der Waals surface area contributed by atoms with Gasteiger partial charge in [0, 0.05) is 19.3 Å². The number of allylic oxidation sites excluding steroid dienone is 10. The fraction of sp³-hybridized carbons (Fsp3) is 0.806. The number of hydrogen-bond donors (Lipinski definition) is 0. The van der Waals surface area contributed by atoms with Crippen molar-refractivity contribution in [3.8, 4) is 0 Å². The number of unbranched alkanes of at least 4 members (excludes halogenated alkanes) is 37. The number of carbonyl (C=O) groups is 3. The van der Waals surface area contributed by atoms with Crippen LogP contribution in [0.1, 0.15) is 329 Å². The van der Waals surface area contributed by atoms with Crippen molar-refractivity contribution in [3.63, 3.8) is 0 Å². The van der Waals surface area contributed by atoms with Crippen molar-refractivity contribution in [2.75, 3.05) is 13.2 Å². The molecule has 0 amide bonds. The highest BCUT2D eigenvalue weighted by molar-refractivity contribution is 5.71. The van der Waals surface area contributed by atoms with Crippen LogP contribution in [0.15, 0.2) is 60.8 Å². The van der Waals surface area contributed by atoms with Gasteiger partial charge in [0.2, 0.25) is 0 Å². The minimum absolute atomic E-state index is 0.0747. The third kappa shape index (κ3) is 59.9. The standard InChI is InChI=1S/C67H120O6/c1-4-7-10-13-16-19-21-23-25-27-29-30-31-32-33-34-35-36-37-38-39-41-42-44-46-48-51-54-57-60-66(69)72-63-64(62-71-65(68)59-56-53-50-18-15-12-9-6-3)73-67(70)61-58-55-52-49-47-45-43-40-28-26-24-22-20-17-14-11-8-5-2/h20-23,26-29,31-32,64H,4-19,24-25,30,33-63H2,1-3H3/b22-20-,23-21-,28-26-,29-27-,32-31-. The van der Waals surface area contributed by atoms with Crippen molar-refractivity contribution in [2.45, 2.75) is 335 Å². The molecule has 0 fully saturated rings. The Bertz CT molecular complexity index is 1310. The molecule has 0 aliphatic carbocycles. The summed E-state index contributed by atoms with van der Waals surface area (Å²) in [4.78, 5) is 38.1. The Morgan fingerprint density at radius 2 is 0.493 bits per heavy atom. The molecule has 0 saturated carbocycles. The summed E-state index contributed by atoms with van der Waals surface area (Å²) in [7, 11) is 0. The Labute approximate surface area is 453 Å². The van der Waals surface area contributed by atoms with E-state index in [9.17, 15) is 14.4 Å². The molecular weight excluding hydrogens is 901 g/mol. The van der Waals surface area contributed by atoms with Crippen molar-refractivity contribution in [2.24, 2.45) is 0 Å². The maximum atomic E-state index is 12.8. The fourth-order valence-electron chi connectivity index (χ4n) is 9.19. The fourth-order valence-corrected chi connectivity index (χ4v) is 9.19. The molecule has 0 aliphatic heterocycles. The Balaban J connectivity index is 4.12. The molecule has 0 bridgehead atoms. The van der Waals surface area contributed by atoms with E-state index in [1.165, 1.54) is 205 Å². The minimum Gasteiger partial charge on any atom is -0.462 e. The Kier molecular flexibility index (Phi) is 59.2. The first kappa shape index (κ1) is 70.1. The molecule has 1 unspecified atom stereocenters. The van der Waals surface area contributed by atoms with Gasteiger partial charge >= 0.3 is 17.9 Å². The molecule has 73 heavy (non-hydrogen) atoms. The molecule has 0 aromatic rings. The Morgan fingerprint density at radius 1 is 0.274 bits per heavy atom. The van der Waals surface area contributed by atoms with Crippen LogP contribution < -0.4 is 0 Å². The summed E-state index contributed by atoms with van der Waals surface area (Å²) in [5, 5.41) is 0. The van der Waals surface area contributed by atoms with Gasteiger partial charge in [0.25, 0.3) is 0 Å². The smallest absolute Gasteiger partial charge is 0.306 e. The van der Waals surface area contributed by atoms with Crippen LogP contribution in [0.2, 0.25) is 0 Å². The Morgan fingerprint density at radius 3 is 0.781 bits per heavy atom. The zero-order valence-corrected chi connectivity index (χ0v) is 48.7. The summed E-state index contributed by atoms with van der Waals surface area (Å²) in [6.07, 6.45) is 78.2. The third-order valence-corrected chi connectivity index (χ3v) is 14.0. The van der Waals surface area contributed by atoms with Gasteiger partial charge in [-0.05, 0) is 89.9 Å². The topological polar surface area (TPSA) is 78.9 Å². The lowest BCUT2D eigenvalue weighted by atomic mass is 10.0. The van der Waals surface area contributed by atoms with E-state index >= 15 is 0 Å². The number of ether oxygens (including phenoxy) is 3. The minimum atomic E-state index is -0.775. The second kappa shape index (κ2) is 61.7. The summed E-state index contributed by atoms with van der Waals surface area (Å²) in [6, 6.07) is 0. The molecular formula is C67H120O6. The number of esters is 3. The highest BCUT2D eigenvalue weighted by atomic mass is 16.6. The molecule has 424 valence electrons. The zero-order valence-electron chi connectivity index (χ0n) is 48.7. The van der Waals surface area contributed by atoms with E-state index in [4.69, 9.17) is 14.2 Å². The number of rotatable bonds is 58. The average Bonchev–Trinajstić information content (AvgIpc) is 3.39. The molecule has 0 aliphatic rings. The van der Waals surface area contributed by atoms with E-state index in [0.717, 1.165) is 83.5 Å². The van der Waals surface area contributed by atoms with Crippen LogP contribution in [0.4, 0.5) is 0 Å². The first-order valence-electron chi connectivity index (χ1n) is 31.8. The van der Waals surface area contributed by atoms with Crippen molar-refractivity contribution in [1.82, 2.24) is 0 Å². The predicted octanol–water partition coefficient (Wildman–Crippen LogP) is 21.6. The van der Waals surface area contributed by atoms with Crippen LogP contribution in [-0.2, 0) is 28.6 Å². The van der Waals surface area contributed by atoms with Crippen molar-refractivity contribution in [3.05, 3.63) is 60.8 Å². The highest BCUT2D eigenvalue weighted by Crippen LogP contribution is 2.16. The molecule has 0 rings (SSSR count). The van der Waals surface area contributed by atoms with E-state index in [1.807, 2.05) is 0 Å². The van der Waals surface area contributed by atoms with Gasteiger partial charge in [0.15, 0.2) is 6.10 Å². The van der Waals surface area contributed by atoms with E-state index in [1.54, 1.807) is 0 Å². The molecule has 0 spiro atoms. The van der Waals surface area contributed by atoms with Gasteiger partial charge in [0.1, 0.15) is 13.2 Å². The van der Waals surface area contributed by atoms with E-state index in [-0.39, 0.29) is 31.1 Å². The highest BCUT2D eigenvalue weighted by Gasteiger charge is 2.19. The summed E-state index contributed by atoms with van der Waals surface area (Å²) >= 11 is 0. The molecule has 0 saturated heterocycles. The van der Waals surface area contributed by atoms with Crippen LogP contribution in [0.5, 0.6) is 0 Å². The molecule has 0 aromatic heterocycles. The van der Waals surface area contributed by atoms with Crippen LogP contribution in [-0.4, -0.2) is 37.2 Å². The summed E-state index contributed by atoms with van der Waals surface area (Å²) in [6.45, 7) is 6.61. The summed E-state index contributed by atoms with van der Waals surface area (Å²) in [5.74, 6) is -0.873. The first-order valence-corrected chi connectivity index (χ1v) is 31.8. The average molecular weight is 1020 g/mol. The van der Waals surface area contributed by atoms with Gasteiger partial charge < -0.3 is 14.2 Å². The largest absolute Gasteiger partial charge is 0.462 e.